The van der Waals surface area contributed by atoms with Gasteiger partial charge in [0.05, 0.1) is 11.4 Å². The fourth-order valence-electron chi connectivity index (χ4n) is 2.64. The van der Waals surface area contributed by atoms with Gasteiger partial charge >= 0.3 is 0 Å². The van der Waals surface area contributed by atoms with E-state index in [1.807, 2.05) is 30.3 Å². The van der Waals surface area contributed by atoms with Gasteiger partial charge in [0.15, 0.2) is 0 Å². The van der Waals surface area contributed by atoms with Crippen molar-refractivity contribution in [2.45, 2.75) is 6.92 Å². The second kappa shape index (κ2) is 6.16. The van der Waals surface area contributed by atoms with E-state index >= 15 is 0 Å². The highest BCUT2D eigenvalue weighted by Gasteiger charge is 2.20. The van der Waals surface area contributed by atoms with E-state index in [4.69, 9.17) is 0 Å². The standard InChI is InChI=1S/C17H17BrN4O2/c1-11-15(19-16(23)14-9-12(18)10-20(14)2)17(24)22(21(11)3)13-7-5-4-6-8-13/h4-10H,1-3H3,(H,19,23). The van der Waals surface area contributed by atoms with E-state index in [9.17, 15) is 9.59 Å². The van der Waals surface area contributed by atoms with E-state index in [0.29, 0.717) is 11.4 Å². The van der Waals surface area contributed by atoms with Crippen LogP contribution in [0.25, 0.3) is 5.69 Å². The zero-order chi connectivity index (χ0) is 17.4. The minimum Gasteiger partial charge on any atom is -0.345 e. The van der Waals surface area contributed by atoms with Gasteiger partial charge in [-0.3, -0.25) is 14.3 Å². The highest BCUT2D eigenvalue weighted by Crippen LogP contribution is 2.17. The number of benzene rings is 1. The zero-order valence-corrected chi connectivity index (χ0v) is 15.2. The summed E-state index contributed by atoms with van der Waals surface area (Å²) in [6, 6.07) is 11.0. The number of carbonyl (C=O) groups is 1. The molecule has 0 fully saturated rings. The Bertz CT molecular complexity index is 967. The van der Waals surface area contributed by atoms with Gasteiger partial charge < -0.3 is 9.88 Å². The molecule has 0 atom stereocenters. The molecule has 2 aromatic heterocycles. The third-order valence-electron chi connectivity index (χ3n) is 4.00. The van der Waals surface area contributed by atoms with Crippen molar-refractivity contribution < 1.29 is 4.79 Å². The molecular weight excluding hydrogens is 372 g/mol. The monoisotopic (exact) mass is 388 g/mol. The Hall–Kier alpha value is -2.54. The van der Waals surface area contributed by atoms with Crippen LogP contribution in [-0.2, 0) is 14.1 Å². The first-order chi connectivity index (χ1) is 11.4. The van der Waals surface area contributed by atoms with E-state index in [-0.39, 0.29) is 17.2 Å². The summed E-state index contributed by atoms with van der Waals surface area (Å²) >= 11 is 3.34. The van der Waals surface area contributed by atoms with Crippen molar-refractivity contribution in [3.05, 3.63) is 68.8 Å². The van der Waals surface area contributed by atoms with Crippen LogP contribution in [0.2, 0.25) is 0 Å². The van der Waals surface area contributed by atoms with E-state index in [1.165, 1.54) is 4.68 Å². The van der Waals surface area contributed by atoms with Gasteiger partial charge in [-0.15, -0.1) is 0 Å². The summed E-state index contributed by atoms with van der Waals surface area (Å²) in [7, 11) is 3.57. The average molecular weight is 389 g/mol. The van der Waals surface area contributed by atoms with Crippen LogP contribution >= 0.6 is 15.9 Å². The van der Waals surface area contributed by atoms with Crippen molar-refractivity contribution in [1.82, 2.24) is 13.9 Å². The molecule has 7 heteroatoms. The smallest absolute Gasteiger partial charge is 0.295 e. The molecule has 3 rings (SSSR count). The Morgan fingerprint density at radius 3 is 2.42 bits per heavy atom. The minimum atomic E-state index is -0.325. The molecular formula is C17H17BrN4O2. The summed E-state index contributed by atoms with van der Waals surface area (Å²) in [6.45, 7) is 1.80. The van der Waals surface area contributed by atoms with Crippen molar-refractivity contribution in [1.29, 1.82) is 0 Å². The molecule has 0 spiro atoms. The number of hydrogen-bond acceptors (Lipinski definition) is 2. The number of nitrogens with one attached hydrogen (secondary N) is 1. The minimum absolute atomic E-state index is 0.261. The fraction of sp³-hybridized carbons (Fsp3) is 0.176. The van der Waals surface area contributed by atoms with Crippen molar-refractivity contribution in [2.24, 2.45) is 14.1 Å². The Labute approximate surface area is 147 Å². The van der Waals surface area contributed by atoms with Crippen LogP contribution in [0.5, 0.6) is 0 Å². The first-order valence-corrected chi connectivity index (χ1v) is 8.16. The quantitative estimate of drug-likeness (QED) is 0.749. The molecule has 0 saturated carbocycles. The van der Waals surface area contributed by atoms with Gasteiger partial charge in [0.1, 0.15) is 11.4 Å². The average Bonchev–Trinajstić information content (AvgIpc) is 3.00. The van der Waals surface area contributed by atoms with E-state index in [0.717, 1.165) is 10.2 Å². The predicted molar refractivity (Wildman–Crippen MR) is 96.8 cm³/mol. The topological polar surface area (TPSA) is 61.0 Å². The molecule has 0 radical (unpaired) electrons. The number of anilines is 1. The molecule has 1 amide bonds. The molecule has 0 saturated heterocycles. The maximum Gasteiger partial charge on any atom is 0.295 e. The van der Waals surface area contributed by atoms with Gasteiger partial charge in [-0.05, 0) is 41.1 Å². The number of nitrogens with zero attached hydrogens (tertiary/aromatic N) is 3. The highest BCUT2D eigenvalue weighted by atomic mass is 79.9. The Balaban J connectivity index is 2.03. The highest BCUT2D eigenvalue weighted by molar-refractivity contribution is 9.10. The summed E-state index contributed by atoms with van der Waals surface area (Å²) in [4.78, 5) is 25.3. The van der Waals surface area contributed by atoms with Gasteiger partial charge in [-0.1, -0.05) is 18.2 Å². The maximum absolute atomic E-state index is 12.8. The van der Waals surface area contributed by atoms with Gasteiger partial charge in [-0.2, -0.15) is 0 Å². The molecule has 0 bridgehead atoms. The fourth-order valence-corrected chi connectivity index (χ4v) is 3.16. The summed E-state index contributed by atoms with van der Waals surface area (Å²) in [5, 5.41) is 2.75. The van der Waals surface area contributed by atoms with Crippen LogP contribution in [0.1, 0.15) is 16.2 Å². The number of aryl methyl sites for hydroxylation is 1. The molecule has 3 aromatic rings. The molecule has 2 heterocycles. The Morgan fingerprint density at radius 2 is 1.83 bits per heavy atom. The van der Waals surface area contributed by atoms with Gasteiger partial charge in [0.2, 0.25) is 0 Å². The SMILES string of the molecule is Cc1c(NC(=O)c2cc(Br)cn2C)c(=O)n(-c2ccccc2)n1C. The van der Waals surface area contributed by atoms with Crippen LogP contribution < -0.4 is 10.9 Å². The molecule has 6 nitrogen and oxygen atoms in total. The zero-order valence-electron chi connectivity index (χ0n) is 13.6. The second-order valence-electron chi connectivity index (χ2n) is 5.55. The third-order valence-corrected chi connectivity index (χ3v) is 4.43. The molecule has 1 N–H and O–H groups in total. The Kier molecular flexibility index (Phi) is 4.19. The number of rotatable bonds is 3. The van der Waals surface area contributed by atoms with Gasteiger partial charge in [-0.25, -0.2) is 4.68 Å². The predicted octanol–water partition coefficient (Wildman–Crippen LogP) is 2.84. The van der Waals surface area contributed by atoms with Crippen LogP contribution in [0.3, 0.4) is 0 Å². The molecule has 0 aliphatic rings. The van der Waals surface area contributed by atoms with Crippen molar-refractivity contribution >= 4 is 27.5 Å². The lowest BCUT2D eigenvalue weighted by Crippen LogP contribution is -2.23. The lowest BCUT2D eigenvalue weighted by Gasteiger charge is -2.07. The lowest BCUT2D eigenvalue weighted by molar-refractivity contribution is 0.101. The van der Waals surface area contributed by atoms with E-state index in [1.54, 1.807) is 42.5 Å². The third kappa shape index (κ3) is 2.71. The number of amides is 1. The van der Waals surface area contributed by atoms with Crippen LogP contribution in [0.4, 0.5) is 5.69 Å². The van der Waals surface area contributed by atoms with Crippen LogP contribution in [-0.4, -0.2) is 19.8 Å². The first kappa shape index (κ1) is 16.3. The maximum atomic E-state index is 12.8. The lowest BCUT2D eigenvalue weighted by atomic mass is 10.3. The summed E-state index contributed by atoms with van der Waals surface area (Å²) in [6.07, 6.45) is 1.79. The second-order valence-corrected chi connectivity index (χ2v) is 6.46. The number of aromatic nitrogens is 3. The number of halogens is 1. The van der Waals surface area contributed by atoms with Crippen LogP contribution in [0, 0.1) is 6.92 Å². The molecule has 0 unspecified atom stereocenters. The Morgan fingerprint density at radius 1 is 1.17 bits per heavy atom. The summed E-state index contributed by atoms with van der Waals surface area (Å²) in [5.41, 5.74) is 1.92. The van der Waals surface area contributed by atoms with Gasteiger partial charge in [0.25, 0.3) is 11.5 Å². The normalized spacial score (nSPS) is 10.8. The van der Waals surface area contributed by atoms with Crippen LogP contribution in [0.15, 0.2) is 51.9 Å². The molecule has 124 valence electrons. The van der Waals surface area contributed by atoms with Crippen molar-refractivity contribution in [2.75, 3.05) is 5.32 Å². The number of hydrogen-bond donors (Lipinski definition) is 1. The largest absolute Gasteiger partial charge is 0.345 e. The van der Waals surface area contributed by atoms with Gasteiger partial charge in [0, 0.05) is 24.8 Å². The van der Waals surface area contributed by atoms with Crippen molar-refractivity contribution in [3.8, 4) is 5.69 Å². The molecule has 24 heavy (non-hydrogen) atoms. The molecule has 0 aliphatic heterocycles. The summed E-state index contributed by atoms with van der Waals surface area (Å²) < 4.78 is 5.77. The van der Waals surface area contributed by atoms with E-state index < -0.39 is 0 Å². The van der Waals surface area contributed by atoms with Crippen molar-refractivity contribution in [3.63, 3.8) is 0 Å². The summed E-state index contributed by atoms with van der Waals surface area (Å²) in [5.74, 6) is -0.325. The molecule has 1 aromatic carbocycles. The molecule has 0 aliphatic carbocycles. The number of carbonyl (C=O) groups excluding carboxylic acids is 1. The first-order valence-electron chi connectivity index (χ1n) is 7.37. The van der Waals surface area contributed by atoms with E-state index in [2.05, 4.69) is 21.2 Å². The number of para-hydroxylation sites is 1.